The smallest absolute Gasteiger partial charge is 0.322 e. The van der Waals surface area contributed by atoms with Gasteiger partial charge in [-0.05, 0) is 67.6 Å². The molecular formula is C38H43N5O5. The van der Waals surface area contributed by atoms with Gasteiger partial charge >= 0.3 is 6.03 Å². The van der Waals surface area contributed by atoms with Crippen molar-refractivity contribution in [3.63, 3.8) is 0 Å². The largest absolute Gasteiger partial charge is 0.468 e. The molecule has 0 radical (unpaired) electrons. The molecule has 0 saturated carbocycles. The molecule has 3 N–H and O–H groups in total. The van der Waals surface area contributed by atoms with Gasteiger partial charge in [0.15, 0.2) is 0 Å². The molecule has 2 aliphatic heterocycles. The fourth-order valence-corrected chi connectivity index (χ4v) is 6.24. The number of morpholine rings is 1. The van der Waals surface area contributed by atoms with Crippen LogP contribution in [-0.2, 0) is 33.8 Å². The summed E-state index contributed by atoms with van der Waals surface area (Å²) in [7, 11) is 0. The van der Waals surface area contributed by atoms with Crippen LogP contribution in [0.15, 0.2) is 95.6 Å². The van der Waals surface area contributed by atoms with E-state index in [9.17, 15) is 14.4 Å². The van der Waals surface area contributed by atoms with Crippen LogP contribution in [0.3, 0.4) is 0 Å². The molecule has 2 aliphatic rings. The number of hydrogen-bond acceptors (Lipinski definition) is 6. The number of amides is 4. The van der Waals surface area contributed by atoms with Crippen LogP contribution in [0.4, 0.5) is 16.2 Å². The highest BCUT2D eigenvalue weighted by molar-refractivity contribution is 6.00. The van der Waals surface area contributed by atoms with Gasteiger partial charge < -0.3 is 34.9 Å². The highest BCUT2D eigenvalue weighted by atomic mass is 16.5. The first-order chi connectivity index (χ1) is 23.3. The van der Waals surface area contributed by atoms with E-state index < -0.39 is 11.6 Å². The van der Waals surface area contributed by atoms with Crippen molar-refractivity contribution >= 4 is 29.2 Å². The Morgan fingerprint density at radius 2 is 1.67 bits per heavy atom. The van der Waals surface area contributed by atoms with Crippen molar-refractivity contribution in [2.75, 3.05) is 36.5 Å². The van der Waals surface area contributed by atoms with E-state index in [0.29, 0.717) is 52.2 Å². The number of furan rings is 1. The molecule has 3 aromatic carbocycles. The van der Waals surface area contributed by atoms with Crippen molar-refractivity contribution < 1.29 is 23.5 Å². The summed E-state index contributed by atoms with van der Waals surface area (Å²) in [5, 5.41) is 9.49. The third-order valence-electron chi connectivity index (χ3n) is 8.88. The van der Waals surface area contributed by atoms with E-state index in [0.717, 1.165) is 39.4 Å². The normalized spacial score (nSPS) is 16.6. The monoisotopic (exact) mass is 649 g/mol. The van der Waals surface area contributed by atoms with E-state index in [1.54, 1.807) is 16.1 Å². The number of nitrogens with one attached hydrogen (secondary N) is 3. The number of para-hydroxylation sites is 2. The van der Waals surface area contributed by atoms with Gasteiger partial charge in [0.05, 0.1) is 38.3 Å². The summed E-state index contributed by atoms with van der Waals surface area (Å²) in [5.41, 5.74) is 4.98. The van der Waals surface area contributed by atoms with E-state index in [2.05, 4.69) is 16.0 Å². The van der Waals surface area contributed by atoms with E-state index in [4.69, 9.17) is 9.15 Å². The van der Waals surface area contributed by atoms with Gasteiger partial charge in [-0.2, -0.15) is 0 Å². The molecule has 3 heterocycles. The summed E-state index contributed by atoms with van der Waals surface area (Å²) >= 11 is 0. The summed E-state index contributed by atoms with van der Waals surface area (Å²) in [6.45, 7) is 6.99. The number of fused-ring (bicyclic) bond motifs is 1. The Balaban J connectivity index is 1.14. The molecule has 6 rings (SSSR count). The molecule has 0 aliphatic carbocycles. The Bertz CT molecular complexity index is 1710. The first-order valence-electron chi connectivity index (χ1n) is 16.5. The second-order valence-electron chi connectivity index (χ2n) is 13.0. The molecule has 250 valence electrons. The van der Waals surface area contributed by atoms with Crippen LogP contribution in [-0.4, -0.2) is 60.6 Å². The zero-order chi connectivity index (χ0) is 33.5. The molecule has 48 heavy (non-hydrogen) atoms. The third kappa shape index (κ3) is 8.13. The van der Waals surface area contributed by atoms with Crippen LogP contribution in [0.5, 0.6) is 0 Å². The van der Waals surface area contributed by atoms with Crippen molar-refractivity contribution in [2.24, 2.45) is 0 Å². The lowest BCUT2D eigenvalue weighted by molar-refractivity contribution is -0.128. The molecular weight excluding hydrogens is 606 g/mol. The van der Waals surface area contributed by atoms with Crippen LogP contribution in [0.1, 0.15) is 43.6 Å². The number of anilines is 2. The number of ether oxygens (including phenoxy) is 1. The molecule has 0 unspecified atom stereocenters. The maximum absolute atomic E-state index is 14.1. The average Bonchev–Trinajstić information content (AvgIpc) is 3.59. The first kappa shape index (κ1) is 33.0. The summed E-state index contributed by atoms with van der Waals surface area (Å²) in [5.74, 6) is 0.485. The molecule has 10 nitrogen and oxygen atoms in total. The minimum absolute atomic E-state index is 0.130. The van der Waals surface area contributed by atoms with Gasteiger partial charge in [0.25, 0.3) is 0 Å². The fraction of sp³-hybridized carbons (Fsp3) is 0.342. The van der Waals surface area contributed by atoms with Gasteiger partial charge in [-0.25, -0.2) is 4.79 Å². The number of carbonyl (C=O) groups is 3. The lowest BCUT2D eigenvalue weighted by Crippen LogP contribution is -2.50. The summed E-state index contributed by atoms with van der Waals surface area (Å²) in [6.07, 6.45) is 3.03. The second-order valence-corrected chi connectivity index (χ2v) is 13.0. The zero-order valence-corrected chi connectivity index (χ0v) is 27.5. The predicted octanol–water partition coefficient (Wildman–Crippen LogP) is 5.73. The maximum atomic E-state index is 14.1. The van der Waals surface area contributed by atoms with Crippen LogP contribution in [0.2, 0.25) is 0 Å². The standard InChI is InChI=1S/C38H43N5O5/c1-38(2,39-25-30-9-7-21-48-30)24-35(44)40-33-18-17-29-8-3-6-12-34(29)43(36(33)45)26-27-13-15-28(16-14-27)31-10-4-5-11-32(31)41-37(46)42-19-22-47-23-20-42/h3-16,21,33,39H,17-20,22-26H2,1-2H3,(H,40,44)(H,41,46)/t33-/m1/s1. The molecule has 1 aromatic heterocycles. The van der Waals surface area contributed by atoms with Crippen LogP contribution in [0.25, 0.3) is 11.1 Å². The SMILES string of the molecule is CC(C)(CC(=O)N[C@@H]1CCc2ccccc2N(Cc2ccc(-c3ccccc3NC(=O)N3CCOCC3)cc2)C1=O)NCc1ccco1. The summed E-state index contributed by atoms with van der Waals surface area (Å²) < 4.78 is 10.8. The minimum Gasteiger partial charge on any atom is -0.468 e. The average molecular weight is 650 g/mol. The Morgan fingerprint density at radius 3 is 2.44 bits per heavy atom. The van der Waals surface area contributed by atoms with Gasteiger partial charge in [-0.3, -0.25) is 9.59 Å². The number of benzene rings is 3. The fourth-order valence-electron chi connectivity index (χ4n) is 6.24. The number of aryl methyl sites for hydroxylation is 1. The Kier molecular flexibility index (Phi) is 10.2. The molecule has 4 aromatic rings. The lowest BCUT2D eigenvalue weighted by Gasteiger charge is -2.29. The van der Waals surface area contributed by atoms with Gasteiger partial charge in [0.1, 0.15) is 11.8 Å². The van der Waals surface area contributed by atoms with Gasteiger partial charge in [-0.1, -0.05) is 60.7 Å². The summed E-state index contributed by atoms with van der Waals surface area (Å²) in [6, 6.07) is 26.7. The van der Waals surface area contributed by atoms with Gasteiger partial charge in [0.2, 0.25) is 11.8 Å². The van der Waals surface area contributed by atoms with Crippen LogP contribution < -0.4 is 20.9 Å². The van der Waals surface area contributed by atoms with Crippen LogP contribution >= 0.6 is 0 Å². The highest BCUT2D eigenvalue weighted by Gasteiger charge is 2.33. The summed E-state index contributed by atoms with van der Waals surface area (Å²) in [4.78, 5) is 43.8. The molecule has 0 bridgehead atoms. The highest BCUT2D eigenvalue weighted by Crippen LogP contribution is 2.31. The lowest BCUT2D eigenvalue weighted by atomic mass is 9.99. The van der Waals surface area contributed by atoms with Crippen molar-refractivity contribution in [3.05, 3.63) is 108 Å². The minimum atomic E-state index is -0.646. The predicted molar refractivity (Wildman–Crippen MR) is 185 cm³/mol. The van der Waals surface area contributed by atoms with E-state index in [1.165, 1.54) is 0 Å². The van der Waals surface area contributed by atoms with Gasteiger partial charge in [-0.15, -0.1) is 0 Å². The molecule has 4 amide bonds. The number of nitrogens with zero attached hydrogens (tertiary/aromatic N) is 2. The molecule has 10 heteroatoms. The van der Waals surface area contributed by atoms with Crippen LogP contribution in [0, 0.1) is 0 Å². The van der Waals surface area contributed by atoms with Crippen molar-refractivity contribution in [1.82, 2.24) is 15.5 Å². The van der Waals surface area contributed by atoms with E-state index >= 15 is 0 Å². The molecule has 1 saturated heterocycles. The van der Waals surface area contributed by atoms with Crippen molar-refractivity contribution in [1.29, 1.82) is 0 Å². The van der Waals surface area contributed by atoms with E-state index in [-0.39, 0.29) is 24.3 Å². The Labute approximate surface area is 281 Å². The molecule has 1 fully saturated rings. The second kappa shape index (κ2) is 14.9. The van der Waals surface area contributed by atoms with Crippen molar-refractivity contribution in [3.8, 4) is 11.1 Å². The Hall–Kier alpha value is -4.93. The molecule has 0 spiro atoms. The zero-order valence-electron chi connectivity index (χ0n) is 27.5. The number of rotatable bonds is 10. The third-order valence-corrected chi connectivity index (χ3v) is 8.88. The number of urea groups is 1. The quantitative estimate of drug-likeness (QED) is 0.202. The topological polar surface area (TPSA) is 116 Å². The van der Waals surface area contributed by atoms with Crippen molar-refractivity contribution in [2.45, 2.75) is 57.8 Å². The van der Waals surface area contributed by atoms with E-state index in [1.807, 2.05) is 98.8 Å². The molecule has 1 atom stereocenters. The number of carbonyl (C=O) groups excluding carboxylic acids is 3. The number of hydrogen-bond donors (Lipinski definition) is 3. The Morgan fingerprint density at radius 1 is 0.917 bits per heavy atom. The first-order valence-corrected chi connectivity index (χ1v) is 16.5. The van der Waals surface area contributed by atoms with Gasteiger partial charge in [0, 0.05) is 36.3 Å². The maximum Gasteiger partial charge on any atom is 0.322 e.